The van der Waals surface area contributed by atoms with Gasteiger partial charge in [-0.05, 0) is 31.7 Å². The van der Waals surface area contributed by atoms with Crippen LogP contribution >= 0.6 is 0 Å². The van der Waals surface area contributed by atoms with Gasteiger partial charge < -0.3 is 10.5 Å². The summed E-state index contributed by atoms with van der Waals surface area (Å²) >= 11 is 0. The molecule has 0 bridgehead atoms. The van der Waals surface area contributed by atoms with E-state index in [9.17, 15) is 17.6 Å². The fourth-order valence-electron chi connectivity index (χ4n) is 4.37. The standard InChI is InChI=1S/C22H21F4N7O/c1-32-11-12(9-30-32)20-15-10-29-18(27)8-17(15)33(31-20)13-2-4-14(5-3-13)34-21-19(23)16(6-7-28-21)22(24,25)26/h6-11,13-14H,2-5H2,1H3,(H2,27,29). The lowest BCUT2D eigenvalue weighted by Crippen LogP contribution is -2.27. The number of nitrogens with two attached hydrogens (primary N) is 1. The van der Waals surface area contributed by atoms with Gasteiger partial charge in [0.2, 0.25) is 0 Å². The van der Waals surface area contributed by atoms with Crippen molar-refractivity contribution in [3.05, 3.63) is 48.3 Å². The quantitative estimate of drug-likeness (QED) is 0.436. The number of halogens is 4. The Balaban J connectivity index is 1.37. The van der Waals surface area contributed by atoms with Crippen LogP contribution in [-0.2, 0) is 13.2 Å². The lowest BCUT2D eigenvalue weighted by atomic mass is 9.93. The third-order valence-electron chi connectivity index (χ3n) is 6.02. The molecule has 0 unspecified atom stereocenters. The maximum atomic E-state index is 14.3. The second kappa shape index (κ2) is 8.26. The summed E-state index contributed by atoms with van der Waals surface area (Å²) in [5.74, 6) is -1.74. The fraction of sp³-hybridized carbons (Fsp3) is 0.364. The van der Waals surface area contributed by atoms with Crippen molar-refractivity contribution >= 4 is 16.7 Å². The molecule has 12 heteroatoms. The highest BCUT2D eigenvalue weighted by Crippen LogP contribution is 2.38. The summed E-state index contributed by atoms with van der Waals surface area (Å²) in [7, 11) is 1.82. The summed E-state index contributed by atoms with van der Waals surface area (Å²) in [5, 5.41) is 9.89. The Morgan fingerprint density at radius 1 is 1.12 bits per heavy atom. The molecule has 2 N–H and O–H groups in total. The van der Waals surface area contributed by atoms with Crippen molar-refractivity contribution in [1.29, 1.82) is 0 Å². The molecule has 0 saturated heterocycles. The molecule has 178 valence electrons. The van der Waals surface area contributed by atoms with Crippen LogP contribution in [0.1, 0.15) is 37.3 Å². The van der Waals surface area contributed by atoms with E-state index in [1.54, 1.807) is 23.1 Å². The van der Waals surface area contributed by atoms with Crippen LogP contribution in [0.15, 0.2) is 36.9 Å². The van der Waals surface area contributed by atoms with Crippen molar-refractivity contribution in [1.82, 2.24) is 29.5 Å². The van der Waals surface area contributed by atoms with E-state index in [2.05, 4.69) is 15.1 Å². The lowest BCUT2D eigenvalue weighted by molar-refractivity contribution is -0.140. The highest BCUT2D eigenvalue weighted by Gasteiger charge is 2.36. The molecule has 4 aromatic rings. The van der Waals surface area contributed by atoms with Gasteiger partial charge >= 0.3 is 6.18 Å². The molecule has 0 radical (unpaired) electrons. The van der Waals surface area contributed by atoms with Gasteiger partial charge in [0.1, 0.15) is 17.6 Å². The minimum absolute atomic E-state index is 0.00823. The van der Waals surface area contributed by atoms with Crippen LogP contribution in [0.5, 0.6) is 5.88 Å². The van der Waals surface area contributed by atoms with Crippen LogP contribution in [0, 0.1) is 5.82 Å². The third kappa shape index (κ3) is 4.03. The van der Waals surface area contributed by atoms with E-state index in [-0.39, 0.29) is 6.04 Å². The third-order valence-corrected chi connectivity index (χ3v) is 6.02. The van der Waals surface area contributed by atoms with Crippen molar-refractivity contribution in [2.24, 2.45) is 7.05 Å². The summed E-state index contributed by atoms with van der Waals surface area (Å²) in [4.78, 5) is 7.87. The predicted octanol–water partition coefficient (Wildman–Crippen LogP) is 4.53. The average Bonchev–Trinajstić information content (AvgIpc) is 3.38. The van der Waals surface area contributed by atoms with Crippen molar-refractivity contribution < 1.29 is 22.3 Å². The van der Waals surface area contributed by atoms with Crippen molar-refractivity contribution in [3.8, 4) is 17.1 Å². The predicted molar refractivity (Wildman–Crippen MR) is 115 cm³/mol. The number of nitrogen functional groups attached to an aromatic ring is 1. The molecule has 5 rings (SSSR count). The number of ether oxygens (including phenoxy) is 1. The average molecular weight is 475 g/mol. The Morgan fingerprint density at radius 3 is 2.56 bits per heavy atom. The van der Waals surface area contributed by atoms with Gasteiger partial charge in [-0.3, -0.25) is 9.36 Å². The number of alkyl halides is 3. The first-order chi connectivity index (χ1) is 16.2. The van der Waals surface area contributed by atoms with Crippen LogP contribution in [0.4, 0.5) is 23.4 Å². The number of pyridine rings is 2. The molecular weight excluding hydrogens is 454 g/mol. The first-order valence-electron chi connectivity index (χ1n) is 10.7. The largest absolute Gasteiger partial charge is 0.472 e. The molecule has 0 aromatic carbocycles. The lowest BCUT2D eigenvalue weighted by Gasteiger charge is -2.29. The molecule has 4 aromatic heterocycles. The van der Waals surface area contributed by atoms with Crippen LogP contribution in [0.2, 0.25) is 0 Å². The van der Waals surface area contributed by atoms with Gasteiger partial charge in [-0.2, -0.15) is 23.4 Å². The Bertz CT molecular complexity index is 1340. The summed E-state index contributed by atoms with van der Waals surface area (Å²) in [6.07, 6.45) is 3.20. The molecule has 0 spiro atoms. The van der Waals surface area contributed by atoms with Gasteiger partial charge in [0, 0.05) is 42.7 Å². The van der Waals surface area contributed by atoms with E-state index in [0.29, 0.717) is 37.6 Å². The Hall–Kier alpha value is -3.70. The zero-order valence-corrected chi connectivity index (χ0v) is 18.1. The smallest absolute Gasteiger partial charge is 0.419 e. The van der Waals surface area contributed by atoms with Gasteiger partial charge in [0.05, 0.1) is 23.3 Å². The van der Waals surface area contributed by atoms with Gasteiger partial charge in [-0.1, -0.05) is 0 Å². The van der Waals surface area contributed by atoms with Gasteiger partial charge in [0.15, 0.2) is 5.82 Å². The summed E-state index contributed by atoms with van der Waals surface area (Å²) in [6.45, 7) is 0. The Kier molecular flexibility index (Phi) is 5.37. The molecule has 4 heterocycles. The summed E-state index contributed by atoms with van der Waals surface area (Å²) in [5.41, 5.74) is 6.96. The number of rotatable bonds is 4. The topological polar surface area (TPSA) is 96.7 Å². The van der Waals surface area contributed by atoms with Crippen LogP contribution < -0.4 is 10.5 Å². The van der Waals surface area contributed by atoms with Crippen LogP contribution in [-0.4, -0.2) is 35.6 Å². The van der Waals surface area contributed by atoms with E-state index in [0.717, 1.165) is 28.4 Å². The second-order valence-corrected chi connectivity index (χ2v) is 8.35. The number of fused-ring (bicyclic) bond motifs is 1. The molecule has 1 fully saturated rings. The molecule has 0 atom stereocenters. The number of aryl methyl sites for hydroxylation is 1. The maximum absolute atomic E-state index is 14.3. The van der Waals surface area contributed by atoms with E-state index in [4.69, 9.17) is 15.6 Å². The normalized spacial score (nSPS) is 19.0. The zero-order chi connectivity index (χ0) is 24.0. The first-order valence-corrected chi connectivity index (χ1v) is 10.7. The minimum Gasteiger partial charge on any atom is -0.472 e. The van der Waals surface area contributed by atoms with Crippen molar-refractivity contribution in [2.45, 2.75) is 44.0 Å². The second-order valence-electron chi connectivity index (χ2n) is 8.35. The number of aromatic nitrogens is 6. The van der Waals surface area contributed by atoms with Crippen molar-refractivity contribution in [2.75, 3.05) is 5.73 Å². The molecular formula is C22H21F4N7O. The molecule has 1 aliphatic rings. The minimum atomic E-state index is -4.81. The van der Waals surface area contributed by atoms with E-state index >= 15 is 0 Å². The Labute approximate surface area is 191 Å². The monoisotopic (exact) mass is 475 g/mol. The molecule has 1 aliphatic carbocycles. The maximum Gasteiger partial charge on any atom is 0.419 e. The molecule has 0 aliphatic heterocycles. The van der Waals surface area contributed by atoms with E-state index < -0.39 is 29.5 Å². The molecule has 34 heavy (non-hydrogen) atoms. The highest BCUT2D eigenvalue weighted by molar-refractivity contribution is 5.93. The summed E-state index contributed by atoms with van der Waals surface area (Å²) < 4.78 is 62.4. The SMILES string of the molecule is Cn1cc(-c2nn(C3CCC(Oc4nccc(C(F)(F)F)c4F)CC3)c3cc(N)ncc23)cn1. The van der Waals surface area contributed by atoms with E-state index in [1.807, 2.05) is 17.9 Å². The van der Waals surface area contributed by atoms with Crippen LogP contribution in [0.25, 0.3) is 22.2 Å². The van der Waals surface area contributed by atoms with Gasteiger partial charge in [-0.15, -0.1) is 0 Å². The number of nitrogens with zero attached hydrogens (tertiary/aromatic N) is 6. The Morgan fingerprint density at radius 2 is 1.88 bits per heavy atom. The van der Waals surface area contributed by atoms with Gasteiger partial charge in [0.25, 0.3) is 5.88 Å². The summed E-state index contributed by atoms with van der Waals surface area (Å²) in [6, 6.07) is 2.38. The molecule has 1 saturated carbocycles. The fourth-order valence-corrected chi connectivity index (χ4v) is 4.37. The van der Waals surface area contributed by atoms with Crippen molar-refractivity contribution in [3.63, 3.8) is 0 Å². The number of hydrogen-bond donors (Lipinski definition) is 1. The number of anilines is 1. The first kappa shape index (κ1) is 22.1. The number of hydrogen-bond acceptors (Lipinski definition) is 6. The van der Waals surface area contributed by atoms with E-state index in [1.165, 1.54) is 0 Å². The van der Waals surface area contributed by atoms with Gasteiger partial charge in [-0.25, -0.2) is 14.4 Å². The zero-order valence-electron chi connectivity index (χ0n) is 18.1. The highest BCUT2D eigenvalue weighted by atomic mass is 19.4. The van der Waals surface area contributed by atoms with Crippen LogP contribution in [0.3, 0.4) is 0 Å². The molecule has 0 amide bonds. The molecule has 8 nitrogen and oxygen atoms in total.